The van der Waals surface area contributed by atoms with Crippen molar-refractivity contribution in [2.75, 3.05) is 6.61 Å². The van der Waals surface area contributed by atoms with E-state index in [1.165, 1.54) is 0 Å². The molecule has 2 aromatic rings. The first-order valence-corrected chi connectivity index (χ1v) is 7.80. The number of amides is 1. The van der Waals surface area contributed by atoms with Crippen LogP contribution in [0.1, 0.15) is 25.0 Å². The summed E-state index contributed by atoms with van der Waals surface area (Å²) in [6.07, 6.45) is -0.422. The quantitative estimate of drug-likeness (QED) is 0.835. The predicted octanol–water partition coefficient (Wildman–Crippen LogP) is 4.15. The van der Waals surface area contributed by atoms with E-state index in [-0.39, 0.29) is 6.61 Å². The molecule has 0 fully saturated rings. The van der Waals surface area contributed by atoms with Crippen molar-refractivity contribution < 1.29 is 14.3 Å². The SMILES string of the molecule is CC(C)COc1ccc(CNC(=O)OCc2ccccc2)cc1. The van der Waals surface area contributed by atoms with Crippen LogP contribution < -0.4 is 10.1 Å². The first kappa shape index (κ1) is 16.9. The molecule has 0 bridgehead atoms. The summed E-state index contributed by atoms with van der Waals surface area (Å²) >= 11 is 0. The van der Waals surface area contributed by atoms with Crippen molar-refractivity contribution in [3.05, 3.63) is 65.7 Å². The van der Waals surface area contributed by atoms with Crippen LogP contribution in [0.5, 0.6) is 5.75 Å². The number of carbonyl (C=O) groups excluding carboxylic acids is 1. The summed E-state index contributed by atoms with van der Waals surface area (Å²) < 4.78 is 10.8. The molecule has 0 aromatic heterocycles. The van der Waals surface area contributed by atoms with Crippen molar-refractivity contribution >= 4 is 6.09 Å². The van der Waals surface area contributed by atoms with Crippen molar-refractivity contribution in [2.24, 2.45) is 5.92 Å². The minimum Gasteiger partial charge on any atom is -0.493 e. The summed E-state index contributed by atoms with van der Waals surface area (Å²) in [6, 6.07) is 17.3. The summed E-state index contributed by atoms with van der Waals surface area (Å²) in [5, 5.41) is 2.74. The molecule has 1 N–H and O–H groups in total. The van der Waals surface area contributed by atoms with Crippen molar-refractivity contribution in [1.29, 1.82) is 0 Å². The Bertz CT molecular complexity index is 594. The van der Waals surface area contributed by atoms with Crippen LogP contribution in [0.15, 0.2) is 54.6 Å². The lowest BCUT2D eigenvalue weighted by molar-refractivity contribution is 0.139. The minimum absolute atomic E-state index is 0.272. The van der Waals surface area contributed by atoms with Gasteiger partial charge in [0.25, 0.3) is 0 Å². The van der Waals surface area contributed by atoms with Gasteiger partial charge in [-0.1, -0.05) is 56.3 Å². The summed E-state index contributed by atoms with van der Waals surface area (Å²) in [7, 11) is 0. The van der Waals surface area contributed by atoms with Crippen LogP contribution in [-0.4, -0.2) is 12.7 Å². The van der Waals surface area contributed by atoms with Gasteiger partial charge in [-0.3, -0.25) is 0 Å². The summed E-state index contributed by atoms with van der Waals surface area (Å²) in [4.78, 5) is 11.7. The highest BCUT2D eigenvalue weighted by atomic mass is 16.5. The Kier molecular flexibility index (Phi) is 6.48. The van der Waals surface area contributed by atoms with E-state index in [1.807, 2.05) is 54.6 Å². The lowest BCUT2D eigenvalue weighted by atomic mass is 10.2. The van der Waals surface area contributed by atoms with Gasteiger partial charge in [0.1, 0.15) is 12.4 Å². The van der Waals surface area contributed by atoms with Gasteiger partial charge < -0.3 is 14.8 Å². The predicted molar refractivity (Wildman–Crippen MR) is 90.2 cm³/mol. The Morgan fingerprint density at radius 1 is 1.00 bits per heavy atom. The topological polar surface area (TPSA) is 47.6 Å². The normalized spacial score (nSPS) is 10.4. The Labute approximate surface area is 137 Å². The van der Waals surface area contributed by atoms with Crippen LogP contribution >= 0.6 is 0 Å². The van der Waals surface area contributed by atoms with Gasteiger partial charge in [0, 0.05) is 6.54 Å². The van der Waals surface area contributed by atoms with E-state index < -0.39 is 6.09 Å². The van der Waals surface area contributed by atoms with Crippen LogP contribution in [-0.2, 0) is 17.9 Å². The lowest BCUT2D eigenvalue weighted by Gasteiger charge is -2.10. The number of nitrogens with one attached hydrogen (secondary N) is 1. The summed E-state index contributed by atoms with van der Waals surface area (Å²) in [5.41, 5.74) is 1.97. The van der Waals surface area contributed by atoms with Crippen LogP contribution in [0, 0.1) is 5.92 Å². The second-order valence-electron chi connectivity index (χ2n) is 5.76. The number of hydrogen-bond acceptors (Lipinski definition) is 3. The second kappa shape index (κ2) is 8.83. The number of carbonyl (C=O) groups is 1. The molecular weight excluding hydrogens is 290 g/mol. The first-order chi connectivity index (χ1) is 11.1. The fraction of sp³-hybridized carbons (Fsp3) is 0.316. The van der Waals surface area contributed by atoms with Crippen molar-refractivity contribution in [3.8, 4) is 5.75 Å². The molecule has 0 atom stereocenters. The Hall–Kier alpha value is -2.49. The highest BCUT2D eigenvalue weighted by molar-refractivity contribution is 5.67. The largest absolute Gasteiger partial charge is 0.493 e. The number of alkyl carbamates (subject to hydrolysis) is 1. The molecule has 1 amide bonds. The molecule has 0 spiro atoms. The molecule has 0 saturated heterocycles. The zero-order valence-corrected chi connectivity index (χ0v) is 13.6. The van der Waals surface area contributed by atoms with Gasteiger partial charge in [-0.25, -0.2) is 4.79 Å². The van der Waals surface area contributed by atoms with Gasteiger partial charge in [0.15, 0.2) is 0 Å². The Morgan fingerprint density at radius 2 is 1.70 bits per heavy atom. The molecule has 0 aliphatic heterocycles. The standard InChI is InChI=1S/C19H23NO3/c1-15(2)13-22-18-10-8-16(9-11-18)12-20-19(21)23-14-17-6-4-3-5-7-17/h3-11,15H,12-14H2,1-2H3,(H,20,21). The molecule has 0 aliphatic carbocycles. The van der Waals surface area contributed by atoms with Gasteiger partial charge in [0.2, 0.25) is 0 Å². The van der Waals surface area contributed by atoms with Crippen molar-refractivity contribution in [2.45, 2.75) is 27.0 Å². The Morgan fingerprint density at radius 3 is 2.35 bits per heavy atom. The maximum atomic E-state index is 11.7. The molecule has 4 heteroatoms. The molecule has 4 nitrogen and oxygen atoms in total. The van der Waals surface area contributed by atoms with Crippen LogP contribution in [0.25, 0.3) is 0 Å². The zero-order valence-electron chi connectivity index (χ0n) is 13.6. The number of benzene rings is 2. The van der Waals surface area contributed by atoms with Crippen LogP contribution in [0.2, 0.25) is 0 Å². The molecule has 0 radical (unpaired) electrons. The summed E-state index contributed by atoms with van der Waals surface area (Å²) in [5.74, 6) is 1.34. The summed E-state index contributed by atoms with van der Waals surface area (Å²) in [6.45, 7) is 5.62. The molecule has 122 valence electrons. The highest BCUT2D eigenvalue weighted by Crippen LogP contribution is 2.13. The lowest BCUT2D eigenvalue weighted by Crippen LogP contribution is -2.23. The van der Waals surface area contributed by atoms with Gasteiger partial charge in [-0.15, -0.1) is 0 Å². The number of hydrogen-bond donors (Lipinski definition) is 1. The third-order valence-corrected chi connectivity index (χ3v) is 3.16. The number of ether oxygens (including phenoxy) is 2. The number of rotatable bonds is 7. The van der Waals surface area contributed by atoms with Gasteiger partial charge >= 0.3 is 6.09 Å². The minimum atomic E-state index is -0.422. The van der Waals surface area contributed by atoms with E-state index in [9.17, 15) is 4.79 Å². The maximum Gasteiger partial charge on any atom is 0.407 e. The van der Waals surface area contributed by atoms with Crippen LogP contribution in [0.3, 0.4) is 0 Å². The van der Waals surface area contributed by atoms with E-state index in [0.29, 0.717) is 19.1 Å². The molecular formula is C19H23NO3. The van der Waals surface area contributed by atoms with Gasteiger partial charge in [-0.2, -0.15) is 0 Å². The van der Waals surface area contributed by atoms with Crippen molar-refractivity contribution in [1.82, 2.24) is 5.32 Å². The molecule has 0 unspecified atom stereocenters. The molecule has 23 heavy (non-hydrogen) atoms. The van der Waals surface area contributed by atoms with E-state index in [2.05, 4.69) is 19.2 Å². The van der Waals surface area contributed by atoms with Gasteiger partial charge in [0.05, 0.1) is 6.61 Å². The molecule has 2 rings (SSSR count). The third-order valence-electron chi connectivity index (χ3n) is 3.16. The highest BCUT2D eigenvalue weighted by Gasteiger charge is 2.03. The maximum absolute atomic E-state index is 11.7. The van der Waals surface area contributed by atoms with E-state index in [0.717, 1.165) is 16.9 Å². The molecule has 2 aromatic carbocycles. The molecule has 0 saturated carbocycles. The third kappa shape index (κ3) is 6.43. The fourth-order valence-electron chi connectivity index (χ4n) is 1.91. The average molecular weight is 313 g/mol. The first-order valence-electron chi connectivity index (χ1n) is 7.80. The monoisotopic (exact) mass is 313 g/mol. The molecule has 0 aliphatic rings. The average Bonchev–Trinajstić information content (AvgIpc) is 2.58. The van der Waals surface area contributed by atoms with Crippen molar-refractivity contribution in [3.63, 3.8) is 0 Å². The smallest absolute Gasteiger partial charge is 0.407 e. The van der Waals surface area contributed by atoms with E-state index in [1.54, 1.807) is 0 Å². The van der Waals surface area contributed by atoms with E-state index in [4.69, 9.17) is 9.47 Å². The Balaban J connectivity index is 1.71. The molecule has 0 heterocycles. The van der Waals surface area contributed by atoms with Crippen LogP contribution in [0.4, 0.5) is 4.79 Å². The van der Waals surface area contributed by atoms with E-state index >= 15 is 0 Å². The van der Waals surface area contributed by atoms with Gasteiger partial charge in [-0.05, 0) is 29.2 Å². The zero-order chi connectivity index (χ0) is 16.5. The fourth-order valence-corrected chi connectivity index (χ4v) is 1.91. The second-order valence-corrected chi connectivity index (χ2v) is 5.76.